The molecule has 12 heavy (non-hydrogen) atoms. The summed E-state index contributed by atoms with van der Waals surface area (Å²) >= 11 is 0. The highest BCUT2D eigenvalue weighted by atomic mass is 32.2. The normalized spacial score (nSPS) is 12.8. The zero-order chi connectivity index (χ0) is 9.14. The van der Waals surface area contributed by atoms with Crippen LogP contribution >= 0.6 is 0 Å². The lowest BCUT2D eigenvalue weighted by molar-refractivity contribution is 0.0661. The van der Waals surface area contributed by atoms with E-state index in [0.29, 0.717) is 5.76 Å². The van der Waals surface area contributed by atoms with Gasteiger partial charge in [-0.25, -0.2) is 9.00 Å². The molecule has 66 valence electrons. The Morgan fingerprint density at radius 1 is 1.67 bits per heavy atom. The molecule has 6 heteroatoms. The molecule has 0 radical (unpaired) electrons. The average Bonchev–Trinajstić information content (AvgIpc) is 2.34. The topological polar surface area (TPSA) is 93.5 Å². The number of hydrogen-bond acceptors (Lipinski definition) is 3. The molecule has 1 atom stereocenters. The molecule has 0 saturated carbocycles. The molecule has 5 nitrogen and oxygen atoms in total. The Kier molecular flexibility index (Phi) is 2.61. The summed E-state index contributed by atoms with van der Waals surface area (Å²) in [5, 5.41) is 13.4. The highest BCUT2D eigenvalue weighted by Crippen LogP contribution is 2.08. The van der Waals surface area contributed by atoms with E-state index >= 15 is 0 Å². The van der Waals surface area contributed by atoms with Crippen LogP contribution in [0.3, 0.4) is 0 Å². The predicted molar refractivity (Wildman–Crippen MR) is 41.7 cm³/mol. The molecule has 0 bridgehead atoms. The maximum Gasteiger partial charge on any atom is 0.371 e. The molecule has 0 aliphatic heterocycles. The number of furan rings is 1. The molecular formula is C6H7NO4S. The molecule has 0 aliphatic carbocycles. The summed E-state index contributed by atoms with van der Waals surface area (Å²) in [6.07, 6.45) is 0. The highest BCUT2D eigenvalue weighted by molar-refractivity contribution is 7.81. The van der Waals surface area contributed by atoms with E-state index in [1.54, 1.807) is 0 Å². The van der Waals surface area contributed by atoms with E-state index in [2.05, 4.69) is 0 Å². The van der Waals surface area contributed by atoms with Crippen molar-refractivity contribution < 1.29 is 18.5 Å². The average molecular weight is 189 g/mol. The van der Waals surface area contributed by atoms with Gasteiger partial charge in [0.2, 0.25) is 5.76 Å². The maximum atomic E-state index is 10.5. The van der Waals surface area contributed by atoms with E-state index in [-0.39, 0.29) is 11.5 Å². The van der Waals surface area contributed by atoms with Crippen molar-refractivity contribution >= 4 is 17.0 Å². The van der Waals surface area contributed by atoms with Crippen molar-refractivity contribution in [2.75, 3.05) is 0 Å². The molecule has 0 aliphatic rings. The Morgan fingerprint density at radius 2 is 2.33 bits per heavy atom. The number of nitrogens with two attached hydrogens (primary N) is 1. The van der Waals surface area contributed by atoms with E-state index in [9.17, 15) is 9.00 Å². The van der Waals surface area contributed by atoms with Gasteiger partial charge in [-0.3, -0.25) is 5.14 Å². The minimum Gasteiger partial charge on any atom is -0.475 e. The van der Waals surface area contributed by atoms with Crippen LogP contribution < -0.4 is 5.14 Å². The largest absolute Gasteiger partial charge is 0.475 e. The van der Waals surface area contributed by atoms with Crippen LogP contribution in [0, 0.1) is 0 Å². The number of carboxylic acids is 1. The van der Waals surface area contributed by atoms with Gasteiger partial charge in [0.05, 0.1) is 16.7 Å². The van der Waals surface area contributed by atoms with Crippen molar-refractivity contribution in [2.45, 2.75) is 5.75 Å². The second-order valence-corrected chi connectivity index (χ2v) is 3.15. The summed E-state index contributed by atoms with van der Waals surface area (Å²) < 4.78 is 15.3. The highest BCUT2D eigenvalue weighted by Gasteiger charge is 2.09. The van der Waals surface area contributed by atoms with Crippen molar-refractivity contribution in [1.82, 2.24) is 0 Å². The first kappa shape index (κ1) is 8.95. The second kappa shape index (κ2) is 3.51. The predicted octanol–water partition coefficient (Wildman–Crippen LogP) is 0.100. The van der Waals surface area contributed by atoms with E-state index < -0.39 is 17.0 Å². The molecular weight excluding hydrogens is 182 g/mol. The SMILES string of the molecule is NS(=O)Cc1ccc(C(=O)O)o1. The van der Waals surface area contributed by atoms with Crippen molar-refractivity contribution in [3.8, 4) is 0 Å². The van der Waals surface area contributed by atoms with Crippen LogP contribution in [0.4, 0.5) is 0 Å². The van der Waals surface area contributed by atoms with Gasteiger partial charge >= 0.3 is 5.97 Å². The molecule has 0 amide bonds. The van der Waals surface area contributed by atoms with Gasteiger partial charge in [-0.2, -0.15) is 0 Å². The van der Waals surface area contributed by atoms with Gasteiger partial charge < -0.3 is 9.52 Å². The third-order valence-electron chi connectivity index (χ3n) is 1.16. The Balaban J connectivity index is 2.77. The lowest BCUT2D eigenvalue weighted by Crippen LogP contribution is -2.04. The van der Waals surface area contributed by atoms with Crippen LogP contribution in [-0.4, -0.2) is 15.3 Å². The Hall–Kier alpha value is -1.14. The van der Waals surface area contributed by atoms with Gasteiger partial charge in [0.1, 0.15) is 5.76 Å². The van der Waals surface area contributed by atoms with Gasteiger partial charge in [-0.1, -0.05) is 0 Å². The molecule has 1 aromatic heterocycles. The van der Waals surface area contributed by atoms with Gasteiger partial charge in [-0.15, -0.1) is 0 Å². The van der Waals surface area contributed by atoms with Gasteiger partial charge in [0, 0.05) is 0 Å². The van der Waals surface area contributed by atoms with Gasteiger partial charge in [-0.05, 0) is 12.1 Å². The molecule has 3 N–H and O–H groups in total. The number of hydrogen-bond donors (Lipinski definition) is 2. The molecule has 0 aromatic carbocycles. The van der Waals surface area contributed by atoms with Crippen LogP contribution in [0.25, 0.3) is 0 Å². The first-order valence-electron chi connectivity index (χ1n) is 3.04. The summed E-state index contributed by atoms with van der Waals surface area (Å²) in [6.45, 7) is 0. The quantitative estimate of drug-likeness (QED) is 0.705. The fourth-order valence-electron chi connectivity index (χ4n) is 0.711. The summed E-state index contributed by atoms with van der Waals surface area (Å²) in [6, 6.07) is 2.73. The van der Waals surface area contributed by atoms with E-state index in [1.165, 1.54) is 12.1 Å². The molecule has 0 fully saturated rings. The summed E-state index contributed by atoms with van der Waals surface area (Å²) in [4.78, 5) is 10.3. The molecule has 0 spiro atoms. The molecule has 1 aromatic rings. The van der Waals surface area contributed by atoms with E-state index in [1.807, 2.05) is 0 Å². The van der Waals surface area contributed by atoms with Crippen LogP contribution in [-0.2, 0) is 16.7 Å². The minimum atomic E-state index is -1.50. The molecule has 0 saturated heterocycles. The zero-order valence-corrected chi connectivity index (χ0v) is 6.84. The van der Waals surface area contributed by atoms with Crippen LogP contribution in [0.2, 0.25) is 0 Å². The van der Waals surface area contributed by atoms with Crippen molar-refractivity contribution in [1.29, 1.82) is 0 Å². The number of rotatable bonds is 3. The summed E-state index contributed by atoms with van der Waals surface area (Å²) in [5.41, 5.74) is 0. The minimum absolute atomic E-state index is 0.0350. The molecule has 1 rings (SSSR count). The Morgan fingerprint density at radius 3 is 2.75 bits per heavy atom. The fourth-order valence-corrected chi connectivity index (χ4v) is 1.15. The Bertz CT molecular complexity index is 319. The van der Waals surface area contributed by atoms with Gasteiger partial charge in [0.25, 0.3) is 0 Å². The van der Waals surface area contributed by atoms with Crippen LogP contribution in [0.1, 0.15) is 16.3 Å². The first-order valence-corrected chi connectivity index (χ1v) is 4.42. The summed E-state index contributed by atoms with van der Waals surface area (Å²) in [7, 11) is -1.50. The van der Waals surface area contributed by atoms with Crippen LogP contribution in [0.5, 0.6) is 0 Å². The molecule has 1 unspecified atom stereocenters. The maximum absolute atomic E-state index is 10.5. The van der Waals surface area contributed by atoms with Crippen molar-refractivity contribution in [2.24, 2.45) is 5.14 Å². The lowest BCUT2D eigenvalue weighted by atomic mass is 10.4. The Labute approximate surface area is 70.8 Å². The molecule has 1 heterocycles. The van der Waals surface area contributed by atoms with E-state index in [4.69, 9.17) is 14.7 Å². The van der Waals surface area contributed by atoms with Crippen LogP contribution in [0.15, 0.2) is 16.5 Å². The number of carbonyl (C=O) groups is 1. The summed E-state index contributed by atoms with van der Waals surface area (Å²) in [5.74, 6) is -0.972. The standard InChI is InChI=1S/C6H7NO4S/c7-12(10)3-4-1-2-5(11-4)6(8)9/h1-2H,3,7H2,(H,8,9). The first-order chi connectivity index (χ1) is 5.59. The van der Waals surface area contributed by atoms with Crippen molar-refractivity contribution in [3.63, 3.8) is 0 Å². The number of aromatic carboxylic acids is 1. The second-order valence-electron chi connectivity index (χ2n) is 2.10. The monoisotopic (exact) mass is 189 g/mol. The third-order valence-corrected chi connectivity index (χ3v) is 1.73. The van der Waals surface area contributed by atoms with Crippen molar-refractivity contribution in [3.05, 3.63) is 23.7 Å². The smallest absolute Gasteiger partial charge is 0.371 e. The number of carboxylic acid groups (broad SMARTS) is 1. The lowest BCUT2D eigenvalue weighted by Gasteiger charge is -1.89. The fraction of sp³-hybridized carbons (Fsp3) is 0.167. The zero-order valence-electron chi connectivity index (χ0n) is 6.02. The van der Waals surface area contributed by atoms with Gasteiger partial charge in [0.15, 0.2) is 0 Å². The third kappa shape index (κ3) is 2.18. The van der Waals surface area contributed by atoms with E-state index in [0.717, 1.165) is 0 Å².